The number of fused-ring (bicyclic) bond motifs is 2. The number of hydrogen-bond acceptors (Lipinski definition) is 5. The average molecular weight is 1150 g/mol. The summed E-state index contributed by atoms with van der Waals surface area (Å²) in [5, 5.41) is 14.5. The Morgan fingerprint density at radius 3 is 1.36 bits per heavy atom. The van der Waals surface area contributed by atoms with Crippen molar-refractivity contribution >= 4 is 31.7 Å². The number of phenolic OH excluding ortho intramolecular Hbond substituents is 1. The molecule has 0 radical (unpaired) electrons. The maximum absolute atomic E-state index is 10.7. The van der Waals surface area contributed by atoms with E-state index < -0.39 is 10.1 Å². The van der Waals surface area contributed by atoms with Gasteiger partial charge in [-0.1, -0.05) is 289 Å². The van der Waals surface area contributed by atoms with Crippen LogP contribution in [0.5, 0.6) is 11.5 Å². The van der Waals surface area contributed by atoms with Crippen LogP contribution in [0.3, 0.4) is 0 Å². The molecule has 0 unspecified atom stereocenters. The molecule has 0 fully saturated rings. The standard InChI is InChI=1S/C16H18O.C16H18.2C13H14.C9H12O3S.C9H12O.K/c1-13(2)15-9-6-10-16(11-15)17-12-14-7-4-3-5-8-14;1-13(2)16-10-6-9-15(12-16)11-14-7-4-3-5-8-14;1-10(2)12-9-5-7-11-6-3-4-8-13(11)12;1-10(2)12-8-7-11-5-3-4-6-13(11)9-12;1-7(2)8-4-3-5-9(6-8)13(10,11)12;1-7(2)8-4-3-5-9(10)6-8;/h3-11,13H,12H2,1-2H3;3-10,12-13H,11H2,1-2H3;2*3-10H,1-2H3;3-7H,1-2H3,(H,10,11,12);3-7,10H,1-2H3;/q;;;;;;+1/p-1. The zero-order chi connectivity index (χ0) is 59.6. The summed E-state index contributed by atoms with van der Waals surface area (Å²) < 4.78 is 37.7. The molecule has 0 aliphatic carbocycles. The first-order chi connectivity index (χ1) is 39.2. The number of hydrogen-bond donors (Lipinski definition) is 1. The van der Waals surface area contributed by atoms with Crippen molar-refractivity contribution in [2.45, 2.75) is 137 Å². The van der Waals surface area contributed by atoms with Crippen LogP contribution in [-0.4, -0.2) is 18.1 Å². The van der Waals surface area contributed by atoms with Crippen molar-refractivity contribution < 1.29 is 74.2 Å². The molecule has 0 saturated carbocycles. The molecular weight excluding hydrogens is 1060 g/mol. The van der Waals surface area contributed by atoms with Crippen LogP contribution in [0.15, 0.2) is 248 Å². The first-order valence-electron chi connectivity index (χ1n) is 28.9. The van der Waals surface area contributed by atoms with Crippen LogP contribution in [0.2, 0.25) is 0 Å². The number of phenols is 1. The van der Waals surface area contributed by atoms with E-state index in [9.17, 15) is 13.0 Å². The van der Waals surface area contributed by atoms with E-state index in [1.165, 1.54) is 78.2 Å². The van der Waals surface area contributed by atoms with Gasteiger partial charge in [0.25, 0.3) is 0 Å². The fourth-order valence-electron chi connectivity index (χ4n) is 8.83. The quantitative estimate of drug-likeness (QED) is 0.0973. The van der Waals surface area contributed by atoms with Gasteiger partial charge < -0.3 is 14.4 Å². The van der Waals surface area contributed by atoms with Crippen LogP contribution in [0.4, 0.5) is 0 Å². The topological polar surface area (TPSA) is 86.7 Å². The van der Waals surface area contributed by atoms with Gasteiger partial charge >= 0.3 is 51.4 Å². The summed E-state index contributed by atoms with van der Waals surface area (Å²) in [6.07, 6.45) is 1.03. The molecule has 7 heteroatoms. The number of benzene rings is 10. The van der Waals surface area contributed by atoms with Crippen LogP contribution >= 0.6 is 0 Å². The Hall–Kier alpha value is -6.13. The Balaban J connectivity index is 0.000000215. The zero-order valence-corrected chi connectivity index (χ0v) is 55.4. The second-order valence-electron chi connectivity index (χ2n) is 22.5. The first-order valence-corrected chi connectivity index (χ1v) is 30.3. The van der Waals surface area contributed by atoms with E-state index in [-0.39, 0.29) is 62.2 Å². The Morgan fingerprint density at radius 2 is 0.807 bits per heavy atom. The van der Waals surface area contributed by atoms with E-state index in [2.05, 4.69) is 239 Å². The van der Waals surface area contributed by atoms with Crippen molar-refractivity contribution in [2.75, 3.05) is 0 Å². The molecule has 0 bridgehead atoms. The monoisotopic (exact) mass is 1150 g/mol. The van der Waals surface area contributed by atoms with Crippen molar-refractivity contribution in [3.8, 4) is 11.5 Å². The molecule has 83 heavy (non-hydrogen) atoms. The fourth-order valence-corrected chi connectivity index (χ4v) is 9.36. The Bertz CT molecular complexity index is 3560. The minimum Gasteiger partial charge on any atom is -0.744 e. The molecule has 0 spiro atoms. The summed E-state index contributed by atoms with van der Waals surface area (Å²) in [5.41, 5.74) is 11.6. The second kappa shape index (κ2) is 35.9. The van der Waals surface area contributed by atoms with Gasteiger partial charge in [0.15, 0.2) is 0 Å². The summed E-state index contributed by atoms with van der Waals surface area (Å²) >= 11 is 0. The van der Waals surface area contributed by atoms with Gasteiger partial charge in [-0.05, 0) is 150 Å². The molecule has 0 aliphatic rings. The maximum Gasteiger partial charge on any atom is 1.00 e. The zero-order valence-electron chi connectivity index (χ0n) is 51.5. The number of ether oxygens (including phenoxy) is 1. The van der Waals surface area contributed by atoms with Gasteiger partial charge in [0, 0.05) is 0 Å². The van der Waals surface area contributed by atoms with Crippen LogP contribution in [0.25, 0.3) is 21.5 Å². The van der Waals surface area contributed by atoms with Crippen LogP contribution < -0.4 is 56.1 Å². The molecule has 1 N–H and O–H groups in total. The van der Waals surface area contributed by atoms with Crippen LogP contribution in [0, 0.1) is 0 Å². The van der Waals surface area contributed by atoms with Gasteiger partial charge in [-0.3, -0.25) is 0 Å². The number of aromatic hydroxyl groups is 1. The van der Waals surface area contributed by atoms with Gasteiger partial charge in [-0.2, -0.15) is 0 Å². The van der Waals surface area contributed by atoms with E-state index in [0.717, 1.165) is 17.7 Å². The average Bonchev–Trinajstić information content (AvgIpc) is 3.51. The molecule has 0 heterocycles. The van der Waals surface area contributed by atoms with Crippen LogP contribution in [-0.2, 0) is 23.1 Å². The molecule has 0 aromatic heterocycles. The van der Waals surface area contributed by atoms with Gasteiger partial charge in [0.1, 0.15) is 28.2 Å². The molecule has 0 atom stereocenters. The van der Waals surface area contributed by atoms with E-state index in [4.69, 9.17) is 9.84 Å². The summed E-state index contributed by atoms with van der Waals surface area (Å²) in [6.45, 7) is 26.5. The normalized spacial score (nSPS) is 10.8. The van der Waals surface area contributed by atoms with Crippen molar-refractivity contribution in [1.82, 2.24) is 0 Å². The van der Waals surface area contributed by atoms with Crippen molar-refractivity contribution in [3.63, 3.8) is 0 Å². The molecule has 0 saturated heterocycles. The third kappa shape index (κ3) is 24.5. The first kappa shape index (κ1) is 69.4. The molecule has 10 rings (SSSR count). The smallest absolute Gasteiger partial charge is 0.744 e. The van der Waals surface area contributed by atoms with Crippen molar-refractivity contribution in [2.24, 2.45) is 0 Å². The van der Waals surface area contributed by atoms with Gasteiger partial charge in [0.2, 0.25) is 0 Å². The summed E-state index contributed by atoms with van der Waals surface area (Å²) in [7, 11) is -4.31. The predicted molar refractivity (Wildman–Crippen MR) is 348 cm³/mol. The third-order valence-corrected chi connectivity index (χ3v) is 14.7. The maximum atomic E-state index is 10.7. The summed E-state index contributed by atoms with van der Waals surface area (Å²) in [6, 6.07) is 81.8. The molecule has 5 nitrogen and oxygen atoms in total. The van der Waals surface area contributed by atoms with Gasteiger partial charge in [-0.15, -0.1) is 0 Å². The molecule has 10 aromatic rings. The van der Waals surface area contributed by atoms with Gasteiger partial charge in [0.05, 0.1) is 4.90 Å². The molecule has 0 amide bonds. The van der Waals surface area contributed by atoms with Crippen molar-refractivity contribution in [1.29, 1.82) is 0 Å². The summed E-state index contributed by atoms with van der Waals surface area (Å²) in [4.78, 5) is -0.154. The largest absolute Gasteiger partial charge is 1.00 e. The third-order valence-electron chi connectivity index (χ3n) is 13.9. The Morgan fingerprint density at radius 1 is 0.373 bits per heavy atom. The second-order valence-corrected chi connectivity index (χ2v) is 23.9. The molecule has 0 aliphatic heterocycles. The summed E-state index contributed by atoms with van der Waals surface area (Å²) in [5.74, 6) is 4.38. The fraction of sp³-hybridized carbons (Fsp3) is 0.263. The van der Waals surface area contributed by atoms with Gasteiger partial charge in [-0.25, -0.2) is 8.42 Å². The molecular formula is C76H87KO5S. The van der Waals surface area contributed by atoms with E-state index in [0.29, 0.717) is 41.9 Å². The minimum atomic E-state index is -4.31. The Kier molecular flexibility index (Phi) is 30.0. The van der Waals surface area contributed by atoms with Crippen LogP contribution in [0.1, 0.15) is 169 Å². The molecule has 428 valence electrons. The Labute approximate surface area is 541 Å². The van der Waals surface area contributed by atoms with E-state index in [1.54, 1.807) is 24.3 Å². The number of rotatable bonds is 12. The SMILES string of the molecule is CC(C)c1ccc2ccccc2c1.CC(C)c1cccc(Cc2ccccc2)c1.CC(C)c1cccc(O)c1.CC(C)c1cccc(OCc2ccccc2)c1.CC(C)c1cccc(S(=O)(=O)[O-])c1.CC(C)c1cccc2ccccc12.[K+]. The minimum absolute atomic E-state index is 0. The molecule has 10 aromatic carbocycles. The predicted octanol–water partition coefficient (Wildman–Crippen LogP) is 17.9. The van der Waals surface area contributed by atoms with E-state index >= 15 is 0 Å². The van der Waals surface area contributed by atoms with E-state index in [1.807, 2.05) is 50.2 Å². The van der Waals surface area contributed by atoms with Crippen molar-refractivity contribution in [3.05, 3.63) is 293 Å².